The van der Waals surface area contributed by atoms with E-state index >= 15 is 0 Å². The van der Waals surface area contributed by atoms with E-state index in [1.54, 1.807) is 37.3 Å². The summed E-state index contributed by atoms with van der Waals surface area (Å²) in [4.78, 5) is 19.8. The van der Waals surface area contributed by atoms with Gasteiger partial charge in [0.05, 0.1) is 15.1 Å². The van der Waals surface area contributed by atoms with E-state index in [1.807, 2.05) is 18.2 Å². The minimum absolute atomic E-state index is 0.0667. The fourth-order valence-electron chi connectivity index (χ4n) is 3.42. The van der Waals surface area contributed by atoms with E-state index in [2.05, 4.69) is 14.9 Å². The highest BCUT2D eigenvalue weighted by molar-refractivity contribution is 7.89. The smallest absolute Gasteiger partial charge is 0.255 e. The number of hydrogen-bond acceptors (Lipinski definition) is 6. The Hall–Kier alpha value is -2.49. The largest absolute Gasteiger partial charge is 0.348 e. The van der Waals surface area contributed by atoms with E-state index in [1.165, 1.54) is 25.0 Å². The summed E-state index contributed by atoms with van der Waals surface area (Å²) in [5, 5.41) is 3.88. The van der Waals surface area contributed by atoms with E-state index in [0.717, 1.165) is 28.4 Å². The third-order valence-corrected chi connectivity index (χ3v) is 7.54. The summed E-state index contributed by atoms with van der Waals surface area (Å²) in [6.45, 7) is 5.57. The average molecular weight is 445 g/mol. The molecule has 0 saturated carbocycles. The summed E-state index contributed by atoms with van der Waals surface area (Å²) in [7, 11) is -3.66. The lowest BCUT2D eigenvalue weighted by Crippen LogP contribution is -2.30. The van der Waals surface area contributed by atoms with Crippen LogP contribution < -0.4 is 14.9 Å². The first kappa shape index (κ1) is 20.8. The molecule has 0 spiro atoms. The van der Waals surface area contributed by atoms with Crippen LogP contribution in [-0.2, 0) is 10.0 Å². The Morgan fingerprint density at radius 1 is 1.13 bits per heavy atom. The predicted octanol–water partition coefficient (Wildman–Crippen LogP) is 3.84. The van der Waals surface area contributed by atoms with Crippen molar-refractivity contribution in [1.29, 1.82) is 0 Å². The molecular formula is C21H24N4O3S2. The van der Waals surface area contributed by atoms with Crippen molar-refractivity contribution < 1.29 is 13.2 Å². The van der Waals surface area contributed by atoms with Crippen molar-refractivity contribution in [2.75, 3.05) is 23.3 Å². The van der Waals surface area contributed by atoms with Crippen LogP contribution in [0.2, 0.25) is 0 Å². The molecule has 158 valence electrons. The quantitative estimate of drug-likeness (QED) is 0.603. The predicted molar refractivity (Wildman–Crippen MR) is 121 cm³/mol. The van der Waals surface area contributed by atoms with Crippen LogP contribution in [0.3, 0.4) is 0 Å². The molecule has 1 aromatic heterocycles. The second kappa shape index (κ2) is 8.33. The molecule has 4 rings (SSSR count). The molecule has 30 heavy (non-hydrogen) atoms. The summed E-state index contributed by atoms with van der Waals surface area (Å²) in [5.74, 6) is -0.361. The first-order valence-electron chi connectivity index (χ1n) is 9.91. The molecule has 9 heteroatoms. The van der Waals surface area contributed by atoms with Crippen LogP contribution in [0.15, 0.2) is 47.4 Å². The minimum atomic E-state index is -3.66. The van der Waals surface area contributed by atoms with Gasteiger partial charge >= 0.3 is 0 Å². The topological polar surface area (TPSA) is 91.4 Å². The number of carbonyl (C=O) groups excluding carboxylic acids is 1. The van der Waals surface area contributed by atoms with Crippen molar-refractivity contribution in [2.24, 2.45) is 0 Å². The maximum Gasteiger partial charge on any atom is 0.255 e. The summed E-state index contributed by atoms with van der Waals surface area (Å²) in [6.07, 6.45) is 2.39. The summed E-state index contributed by atoms with van der Waals surface area (Å²) < 4.78 is 28.3. The highest BCUT2D eigenvalue weighted by atomic mass is 32.2. The molecule has 0 radical (unpaired) electrons. The van der Waals surface area contributed by atoms with E-state index < -0.39 is 10.0 Å². The lowest BCUT2D eigenvalue weighted by Gasteiger charge is -2.11. The van der Waals surface area contributed by atoms with Crippen molar-refractivity contribution in [3.8, 4) is 0 Å². The molecule has 1 aliphatic rings. The van der Waals surface area contributed by atoms with Crippen molar-refractivity contribution >= 4 is 48.3 Å². The van der Waals surface area contributed by atoms with Crippen molar-refractivity contribution in [3.63, 3.8) is 0 Å². The lowest BCUT2D eigenvalue weighted by atomic mass is 10.2. The maximum absolute atomic E-state index is 12.7. The number of carbonyl (C=O) groups is 1. The molecule has 0 bridgehead atoms. The van der Waals surface area contributed by atoms with Gasteiger partial charge in [-0.25, -0.2) is 18.1 Å². The van der Waals surface area contributed by atoms with Crippen LogP contribution in [0.1, 0.15) is 37.0 Å². The number of thiazole rings is 1. The Morgan fingerprint density at radius 2 is 1.90 bits per heavy atom. The third-order valence-electron chi connectivity index (χ3n) is 4.81. The fourth-order valence-corrected chi connectivity index (χ4v) is 5.77. The van der Waals surface area contributed by atoms with Gasteiger partial charge in [0.2, 0.25) is 10.0 Å². The van der Waals surface area contributed by atoms with Gasteiger partial charge in [0.25, 0.3) is 5.91 Å². The molecule has 3 aromatic rings. The van der Waals surface area contributed by atoms with Crippen LogP contribution in [-0.4, -0.2) is 38.4 Å². The molecule has 1 aliphatic heterocycles. The molecule has 0 unspecified atom stereocenters. The first-order chi connectivity index (χ1) is 14.3. The van der Waals surface area contributed by atoms with Gasteiger partial charge in [0.1, 0.15) is 0 Å². The number of nitrogens with one attached hydrogen (secondary N) is 2. The molecule has 7 nitrogen and oxygen atoms in total. The van der Waals surface area contributed by atoms with Gasteiger partial charge in [0.15, 0.2) is 5.13 Å². The number of rotatable bonds is 6. The zero-order chi connectivity index (χ0) is 21.3. The molecule has 0 aliphatic carbocycles. The molecule has 2 N–H and O–H groups in total. The van der Waals surface area contributed by atoms with Gasteiger partial charge in [-0.05, 0) is 63.1 Å². The SMILES string of the molecule is CC(C)NS(=O)(=O)c1cccc(C(=O)Nc2ccc3nc(N4CCCC4)sc3c2)c1. The zero-order valence-electron chi connectivity index (χ0n) is 16.9. The second-order valence-corrected chi connectivity index (χ2v) is 10.4. The maximum atomic E-state index is 12.7. The Labute approximate surface area is 180 Å². The van der Waals surface area contributed by atoms with Crippen molar-refractivity contribution in [3.05, 3.63) is 48.0 Å². The molecule has 2 heterocycles. The van der Waals surface area contributed by atoms with Crippen molar-refractivity contribution in [2.45, 2.75) is 37.6 Å². The van der Waals surface area contributed by atoms with Gasteiger partial charge < -0.3 is 10.2 Å². The highest BCUT2D eigenvalue weighted by Gasteiger charge is 2.19. The number of aromatic nitrogens is 1. The van der Waals surface area contributed by atoms with Gasteiger partial charge in [-0.1, -0.05) is 17.4 Å². The molecule has 0 atom stereocenters. The number of fused-ring (bicyclic) bond motifs is 1. The Bertz CT molecular complexity index is 1180. The van der Waals surface area contributed by atoms with Gasteiger partial charge in [-0.2, -0.15) is 0 Å². The fraction of sp³-hybridized carbons (Fsp3) is 0.333. The molecule has 1 saturated heterocycles. The van der Waals surface area contributed by atoms with Crippen LogP contribution in [0.5, 0.6) is 0 Å². The van der Waals surface area contributed by atoms with Gasteiger partial charge in [-0.15, -0.1) is 0 Å². The molecular weight excluding hydrogens is 420 g/mol. The molecule has 1 amide bonds. The van der Waals surface area contributed by atoms with Crippen LogP contribution in [0.4, 0.5) is 10.8 Å². The molecule has 1 fully saturated rings. The average Bonchev–Trinajstić information content (AvgIpc) is 3.36. The normalized spacial score (nSPS) is 14.6. The standard InChI is InChI=1S/C21H24N4O3S2/c1-14(2)24-30(27,28)17-7-5-6-15(12-17)20(26)22-16-8-9-18-19(13-16)29-21(23-18)25-10-3-4-11-25/h5-9,12-14,24H,3-4,10-11H2,1-2H3,(H,22,26). The monoisotopic (exact) mass is 444 g/mol. The summed E-state index contributed by atoms with van der Waals surface area (Å²) >= 11 is 1.62. The van der Waals surface area contributed by atoms with Crippen LogP contribution in [0, 0.1) is 0 Å². The number of amides is 1. The number of benzene rings is 2. The van der Waals surface area contributed by atoms with E-state index in [0.29, 0.717) is 5.69 Å². The third kappa shape index (κ3) is 4.48. The minimum Gasteiger partial charge on any atom is -0.348 e. The highest BCUT2D eigenvalue weighted by Crippen LogP contribution is 2.32. The Balaban J connectivity index is 1.53. The van der Waals surface area contributed by atoms with Crippen molar-refractivity contribution in [1.82, 2.24) is 9.71 Å². The van der Waals surface area contributed by atoms with E-state index in [-0.39, 0.29) is 22.4 Å². The second-order valence-electron chi connectivity index (χ2n) is 7.63. The van der Waals surface area contributed by atoms with Crippen LogP contribution in [0.25, 0.3) is 10.2 Å². The van der Waals surface area contributed by atoms with Gasteiger partial charge in [0, 0.05) is 30.4 Å². The number of hydrogen-bond donors (Lipinski definition) is 2. The van der Waals surface area contributed by atoms with E-state index in [4.69, 9.17) is 4.98 Å². The van der Waals surface area contributed by atoms with Crippen LogP contribution >= 0.6 is 11.3 Å². The Kier molecular flexibility index (Phi) is 5.77. The Morgan fingerprint density at radius 3 is 2.63 bits per heavy atom. The number of anilines is 2. The first-order valence-corrected chi connectivity index (χ1v) is 12.2. The number of sulfonamides is 1. The molecule has 2 aromatic carbocycles. The van der Waals surface area contributed by atoms with E-state index in [9.17, 15) is 13.2 Å². The number of nitrogens with zero attached hydrogens (tertiary/aromatic N) is 2. The summed E-state index contributed by atoms with van der Waals surface area (Å²) in [5.41, 5.74) is 1.84. The zero-order valence-corrected chi connectivity index (χ0v) is 18.5. The summed E-state index contributed by atoms with van der Waals surface area (Å²) in [6, 6.07) is 11.4. The van der Waals surface area contributed by atoms with Gasteiger partial charge in [-0.3, -0.25) is 4.79 Å². The lowest BCUT2D eigenvalue weighted by molar-refractivity contribution is 0.102.